The van der Waals surface area contributed by atoms with E-state index in [0.717, 1.165) is 18.4 Å². The zero-order valence-corrected chi connectivity index (χ0v) is 15.9. The molecule has 0 aliphatic carbocycles. The maximum absolute atomic E-state index is 14.6. The number of aromatic nitrogens is 1. The summed E-state index contributed by atoms with van der Waals surface area (Å²) in [6.45, 7) is 1.26. The number of para-hydroxylation sites is 1. The second kappa shape index (κ2) is 8.00. The van der Waals surface area contributed by atoms with E-state index in [1.165, 1.54) is 6.07 Å². The fourth-order valence-corrected chi connectivity index (χ4v) is 3.71. The van der Waals surface area contributed by atoms with Crippen LogP contribution in [-0.4, -0.2) is 35.7 Å². The maximum Gasteiger partial charge on any atom is 0.270 e. The minimum absolute atomic E-state index is 0.00864. The van der Waals surface area contributed by atoms with Crippen molar-refractivity contribution in [2.75, 3.05) is 29.0 Å². The van der Waals surface area contributed by atoms with Crippen LogP contribution in [0.4, 0.5) is 21.6 Å². The van der Waals surface area contributed by atoms with Crippen LogP contribution in [0.2, 0.25) is 0 Å². The number of hydrogen-bond donors (Lipinski definition) is 3. The molecular weight excluding hydrogens is 371 g/mol. The second-order valence-corrected chi connectivity index (χ2v) is 7.26. The number of nitrogen functional groups attached to an aromatic ring is 1. The molecular formula is C21H23FN6O. The van der Waals surface area contributed by atoms with E-state index in [0.29, 0.717) is 48.1 Å². The molecule has 1 aromatic carbocycles. The number of piperidine rings is 1. The Morgan fingerprint density at radius 2 is 2.17 bits per heavy atom. The van der Waals surface area contributed by atoms with E-state index in [-0.39, 0.29) is 17.8 Å². The van der Waals surface area contributed by atoms with Crippen LogP contribution in [0.25, 0.3) is 5.70 Å². The molecule has 1 aromatic heterocycles. The Morgan fingerprint density at radius 3 is 2.97 bits per heavy atom. The minimum atomic E-state index is -0.378. The lowest BCUT2D eigenvalue weighted by atomic mass is 10.1. The van der Waals surface area contributed by atoms with Gasteiger partial charge in [0.1, 0.15) is 17.3 Å². The number of hydrogen-bond acceptors (Lipinski definition) is 6. The summed E-state index contributed by atoms with van der Waals surface area (Å²) in [5.74, 6) is -0.344. The molecule has 7 nitrogen and oxygen atoms in total. The van der Waals surface area contributed by atoms with Crippen molar-refractivity contribution in [2.45, 2.75) is 25.3 Å². The summed E-state index contributed by atoms with van der Waals surface area (Å²) < 4.78 is 14.6. The summed E-state index contributed by atoms with van der Waals surface area (Å²) in [6.07, 6.45) is 5.65. The average Bonchev–Trinajstić information content (AvgIpc) is 3.18. The number of nitrogens with one attached hydrogen (secondary N) is 1. The number of nitrogens with two attached hydrogens (primary N) is 2. The Kier molecular flexibility index (Phi) is 5.26. The van der Waals surface area contributed by atoms with Crippen molar-refractivity contribution >= 4 is 34.5 Å². The van der Waals surface area contributed by atoms with Crippen molar-refractivity contribution in [2.24, 2.45) is 10.7 Å². The molecule has 0 spiro atoms. The van der Waals surface area contributed by atoms with Crippen LogP contribution in [-0.2, 0) is 4.79 Å². The lowest BCUT2D eigenvalue weighted by molar-refractivity contribution is -0.110. The number of carbonyl (C=O) groups is 1. The standard InChI is InChI=1S/C21H23FN6O/c22-15-4-1-5-17(20(15)28-10-2-3-14(23)12-28)27-21(29)18-7-6-16(26-18)13-8-9-25-19(24)11-13/h1,4-6,8-9,11,14H,2-3,7,10,12,23H2,(H2,24,25)(H,27,29)/t14-/m1/s1. The van der Waals surface area contributed by atoms with Gasteiger partial charge in [0.15, 0.2) is 0 Å². The summed E-state index contributed by atoms with van der Waals surface area (Å²) in [5.41, 5.74) is 14.4. The molecule has 0 saturated carbocycles. The minimum Gasteiger partial charge on any atom is -0.384 e. The van der Waals surface area contributed by atoms with Gasteiger partial charge >= 0.3 is 0 Å². The van der Waals surface area contributed by atoms with Crippen LogP contribution >= 0.6 is 0 Å². The first-order valence-corrected chi connectivity index (χ1v) is 9.61. The van der Waals surface area contributed by atoms with E-state index in [9.17, 15) is 9.18 Å². The van der Waals surface area contributed by atoms with Crippen molar-refractivity contribution in [1.29, 1.82) is 0 Å². The summed E-state index contributed by atoms with van der Waals surface area (Å²) >= 11 is 0. The Hall–Kier alpha value is -3.26. The van der Waals surface area contributed by atoms with Crippen LogP contribution in [0.15, 0.2) is 47.6 Å². The highest BCUT2D eigenvalue weighted by molar-refractivity contribution is 6.45. The highest BCUT2D eigenvalue weighted by Gasteiger charge is 2.24. The Balaban J connectivity index is 1.54. The quantitative estimate of drug-likeness (QED) is 0.738. The summed E-state index contributed by atoms with van der Waals surface area (Å²) in [5, 5.41) is 2.83. The molecule has 8 heteroatoms. The smallest absolute Gasteiger partial charge is 0.270 e. The van der Waals surface area contributed by atoms with Crippen molar-refractivity contribution in [1.82, 2.24) is 4.98 Å². The van der Waals surface area contributed by atoms with Crippen LogP contribution in [0, 0.1) is 5.82 Å². The van der Waals surface area contributed by atoms with E-state index in [1.54, 1.807) is 30.5 Å². The molecule has 1 atom stereocenters. The Labute approximate surface area is 168 Å². The van der Waals surface area contributed by atoms with Crippen molar-refractivity contribution < 1.29 is 9.18 Å². The zero-order chi connectivity index (χ0) is 20.4. The van der Waals surface area contributed by atoms with Crippen LogP contribution in [0.3, 0.4) is 0 Å². The number of carbonyl (C=O) groups excluding carboxylic acids is 1. The molecule has 4 rings (SSSR count). The SMILES string of the molecule is Nc1cc(C2=CCC(C(=O)Nc3cccc(F)c3N3CCC[C@@H](N)C3)=N2)ccn1. The van der Waals surface area contributed by atoms with E-state index in [2.05, 4.69) is 15.3 Å². The van der Waals surface area contributed by atoms with Crippen LogP contribution in [0.5, 0.6) is 0 Å². The molecule has 2 aliphatic heterocycles. The molecule has 2 aliphatic rings. The van der Waals surface area contributed by atoms with Gasteiger partial charge in [0.05, 0.1) is 17.1 Å². The number of rotatable bonds is 4. The molecule has 1 saturated heterocycles. The molecule has 29 heavy (non-hydrogen) atoms. The number of halogens is 1. The highest BCUT2D eigenvalue weighted by Crippen LogP contribution is 2.32. The van der Waals surface area contributed by atoms with Gasteiger partial charge in [-0.3, -0.25) is 4.79 Å². The van der Waals surface area contributed by atoms with E-state index in [4.69, 9.17) is 11.5 Å². The predicted molar refractivity (Wildman–Crippen MR) is 113 cm³/mol. The lowest BCUT2D eigenvalue weighted by Crippen LogP contribution is -2.43. The first-order chi connectivity index (χ1) is 14.0. The summed E-state index contributed by atoms with van der Waals surface area (Å²) in [7, 11) is 0. The van der Waals surface area contributed by atoms with E-state index < -0.39 is 0 Å². The van der Waals surface area contributed by atoms with Gasteiger partial charge < -0.3 is 21.7 Å². The predicted octanol–water partition coefficient (Wildman–Crippen LogP) is 2.55. The molecule has 150 valence electrons. The number of benzene rings is 1. The van der Waals surface area contributed by atoms with Crippen molar-refractivity contribution in [3.63, 3.8) is 0 Å². The molecule has 0 bridgehead atoms. The number of amides is 1. The third-order valence-electron chi connectivity index (χ3n) is 5.09. The maximum atomic E-state index is 14.6. The van der Waals surface area contributed by atoms with Gasteiger partial charge in [-0.05, 0) is 37.1 Å². The largest absolute Gasteiger partial charge is 0.384 e. The Bertz CT molecular complexity index is 1000. The third kappa shape index (κ3) is 4.12. The average molecular weight is 394 g/mol. The van der Waals surface area contributed by atoms with Gasteiger partial charge in [0, 0.05) is 37.3 Å². The van der Waals surface area contributed by atoms with Gasteiger partial charge in [-0.1, -0.05) is 12.1 Å². The van der Waals surface area contributed by atoms with Gasteiger partial charge in [-0.2, -0.15) is 0 Å². The first-order valence-electron chi connectivity index (χ1n) is 9.61. The molecule has 1 fully saturated rings. The third-order valence-corrected chi connectivity index (χ3v) is 5.09. The summed E-state index contributed by atoms with van der Waals surface area (Å²) in [6, 6.07) is 8.16. The normalized spacial score (nSPS) is 19.0. The molecule has 1 amide bonds. The van der Waals surface area contributed by atoms with Crippen LogP contribution in [0.1, 0.15) is 24.8 Å². The van der Waals surface area contributed by atoms with Crippen LogP contribution < -0.4 is 21.7 Å². The lowest BCUT2D eigenvalue weighted by Gasteiger charge is -2.34. The molecule has 2 aromatic rings. The Morgan fingerprint density at radius 1 is 1.31 bits per heavy atom. The first kappa shape index (κ1) is 19.1. The van der Waals surface area contributed by atoms with E-state index in [1.807, 2.05) is 11.0 Å². The van der Waals surface area contributed by atoms with Gasteiger partial charge in [-0.15, -0.1) is 0 Å². The number of anilines is 3. The number of allylic oxidation sites excluding steroid dienone is 1. The van der Waals surface area contributed by atoms with Gasteiger partial charge in [-0.25, -0.2) is 14.4 Å². The fourth-order valence-electron chi connectivity index (χ4n) is 3.71. The molecule has 0 unspecified atom stereocenters. The fraction of sp³-hybridized carbons (Fsp3) is 0.286. The second-order valence-electron chi connectivity index (χ2n) is 7.26. The van der Waals surface area contributed by atoms with Crippen molar-refractivity contribution in [3.05, 3.63) is 54.0 Å². The van der Waals surface area contributed by atoms with Crippen molar-refractivity contribution in [3.8, 4) is 0 Å². The number of aliphatic imine (C=N–C) groups is 1. The number of pyridine rings is 1. The molecule has 5 N–H and O–H groups in total. The zero-order valence-electron chi connectivity index (χ0n) is 15.9. The topological polar surface area (TPSA) is 110 Å². The molecule has 3 heterocycles. The summed E-state index contributed by atoms with van der Waals surface area (Å²) in [4.78, 5) is 23.1. The van der Waals surface area contributed by atoms with Gasteiger partial charge in [0.25, 0.3) is 5.91 Å². The number of nitrogens with zero attached hydrogens (tertiary/aromatic N) is 3. The van der Waals surface area contributed by atoms with Gasteiger partial charge in [0.2, 0.25) is 0 Å². The highest BCUT2D eigenvalue weighted by atomic mass is 19.1. The molecule has 0 radical (unpaired) electrons. The van der Waals surface area contributed by atoms with E-state index >= 15 is 0 Å². The monoisotopic (exact) mass is 394 g/mol.